The van der Waals surface area contributed by atoms with E-state index in [9.17, 15) is 18.0 Å². The summed E-state index contributed by atoms with van der Waals surface area (Å²) in [7, 11) is 1.58. The highest BCUT2D eigenvalue weighted by Crippen LogP contribution is 2.30. The summed E-state index contributed by atoms with van der Waals surface area (Å²) in [5.41, 5.74) is 0.413. The first-order valence-electron chi connectivity index (χ1n) is 9.17. The molecule has 0 aliphatic rings. The lowest BCUT2D eigenvalue weighted by atomic mass is 9.96. The largest absolute Gasteiger partial charge is 0.497 e. The van der Waals surface area contributed by atoms with Gasteiger partial charge in [0.25, 0.3) is 0 Å². The molecule has 30 heavy (non-hydrogen) atoms. The first-order valence-corrected chi connectivity index (χ1v) is 10.2. The van der Waals surface area contributed by atoms with E-state index in [-0.39, 0.29) is 34.4 Å². The van der Waals surface area contributed by atoms with Crippen molar-refractivity contribution in [3.8, 4) is 5.75 Å². The van der Waals surface area contributed by atoms with E-state index in [2.05, 4.69) is 15.5 Å². The predicted molar refractivity (Wildman–Crippen MR) is 107 cm³/mol. The van der Waals surface area contributed by atoms with Crippen molar-refractivity contribution < 1.29 is 22.7 Å². The number of carbonyl (C=O) groups is 1. The minimum absolute atomic E-state index is 0.00356. The normalized spacial score (nSPS) is 12.9. The Bertz CT molecular complexity index is 1020. The van der Waals surface area contributed by atoms with Gasteiger partial charge >= 0.3 is 6.18 Å². The Labute approximate surface area is 175 Å². The van der Waals surface area contributed by atoms with Gasteiger partial charge in [0.15, 0.2) is 10.8 Å². The summed E-state index contributed by atoms with van der Waals surface area (Å²) in [5, 5.41) is 10.9. The highest BCUT2D eigenvalue weighted by molar-refractivity contribution is 7.99. The van der Waals surface area contributed by atoms with E-state index in [4.69, 9.17) is 4.74 Å². The van der Waals surface area contributed by atoms with Crippen molar-refractivity contribution in [2.45, 2.75) is 31.2 Å². The van der Waals surface area contributed by atoms with E-state index in [1.54, 1.807) is 7.11 Å². The van der Waals surface area contributed by atoms with Gasteiger partial charge in [-0.1, -0.05) is 37.7 Å². The first-order chi connectivity index (χ1) is 14.2. The van der Waals surface area contributed by atoms with Gasteiger partial charge in [-0.3, -0.25) is 9.20 Å². The van der Waals surface area contributed by atoms with Crippen LogP contribution in [-0.4, -0.2) is 33.4 Å². The van der Waals surface area contributed by atoms with Gasteiger partial charge in [0, 0.05) is 6.20 Å². The van der Waals surface area contributed by atoms with Gasteiger partial charge < -0.3 is 10.1 Å². The number of pyridine rings is 1. The van der Waals surface area contributed by atoms with Crippen LogP contribution in [0.15, 0.2) is 47.8 Å². The number of hydrogen-bond donors (Lipinski definition) is 1. The number of carbonyl (C=O) groups excluding carboxylic acids is 1. The van der Waals surface area contributed by atoms with Gasteiger partial charge in [-0.15, -0.1) is 10.2 Å². The van der Waals surface area contributed by atoms with Gasteiger partial charge in [-0.25, -0.2) is 0 Å². The van der Waals surface area contributed by atoms with Gasteiger partial charge in [0.1, 0.15) is 5.75 Å². The van der Waals surface area contributed by atoms with Crippen LogP contribution in [0.4, 0.5) is 13.2 Å². The van der Waals surface area contributed by atoms with Crippen molar-refractivity contribution in [3.63, 3.8) is 0 Å². The van der Waals surface area contributed by atoms with Gasteiger partial charge in [0.05, 0.1) is 24.5 Å². The molecule has 0 aliphatic carbocycles. The Morgan fingerprint density at radius 2 is 1.87 bits per heavy atom. The predicted octanol–water partition coefficient (Wildman–Crippen LogP) is 4.36. The number of methoxy groups -OCH3 is 1. The molecule has 0 fully saturated rings. The molecule has 3 rings (SSSR count). The SMILES string of the molecule is COc1ccc(C(NC(=O)CSc2nnc3ccc(C(F)(F)F)cn23)C(C)C)cc1. The summed E-state index contributed by atoms with van der Waals surface area (Å²) < 4.78 is 45.3. The van der Waals surface area contributed by atoms with Crippen LogP contribution in [0.5, 0.6) is 5.75 Å². The maximum absolute atomic E-state index is 13.0. The molecule has 0 saturated carbocycles. The third-order valence-corrected chi connectivity index (χ3v) is 5.43. The van der Waals surface area contributed by atoms with Gasteiger partial charge in [-0.2, -0.15) is 13.2 Å². The molecule has 10 heteroatoms. The maximum atomic E-state index is 13.0. The number of amides is 1. The lowest BCUT2D eigenvalue weighted by Gasteiger charge is -2.23. The number of hydrogen-bond acceptors (Lipinski definition) is 5. The third kappa shape index (κ3) is 5.05. The summed E-state index contributed by atoms with van der Waals surface area (Å²) in [6.45, 7) is 3.99. The zero-order chi connectivity index (χ0) is 21.9. The molecule has 1 amide bonds. The monoisotopic (exact) mass is 438 g/mol. The molecular weight excluding hydrogens is 417 g/mol. The van der Waals surface area contributed by atoms with E-state index >= 15 is 0 Å². The van der Waals surface area contributed by atoms with E-state index in [1.807, 2.05) is 38.1 Å². The Morgan fingerprint density at radius 1 is 1.17 bits per heavy atom. The van der Waals surface area contributed by atoms with Crippen LogP contribution in [0.1, 0.15) is 31.0 Å². The van der Waals surface area contributed by atoms with Crippen molar-refractivity contribution >= 4 is 23.3 Å². The number of halogens is 3. The van der Waals surface area contributed by atoms with Crippen LogP contribution in [0, 0.1) is 5.92 Å². The minimum atomic E-state index is -4.47. The summed E-state index contributed by atoms with van der Waals surface area (Å²) in [4.78, 5) is 12.5. The number of rotatable bonds is 7. The molecule has 0 bridgehead atoms. The number of fused-ring (bicyclic) bond motifs is 1. The van der Waals surface area contributed by atoms with E-state index in [1.165, 1.54) is 10.5 Å². The molecule has 1 unspecified atom stereocenters. The van der Waals surface area contributed by atoms with Crippen molar-refractivity contribution in [2.75, 3.05) is 12.9 Å². The standard InChI is InChI=1S/C20H21F3N4O2S/c1-12(2)18(13-4-7-15(29-3)8-5-13)24-17(28)11-30-19-26-25-16-9-6-14(10-27(16)19)20(21,22)23/h4-10,12,18H,11H2,1-3H3,(H,24,28). The van der Waals surface area contributed by atoms with E-state index in [0.717, 1.165) is 35.3 Å². The van der Waals surface area contributed by atoms with Crippen LogP contribution in [0.2, 0.25) is 0 Å². The maximum Gasteiger partial charge on any atom is 0.417 e. The number of benzene rings is 1. The molecule has 2 aromatic heterocycles. The molecule has 0 saturated heterocycles. The summed E-state index contributed by atoms with van der Waals surface area (Å²) in [6, 6.07) is 9.42. The average molecular weight is 438 g/mol. The van der Waals surface area contributed by atoms with Crippen LogP contribution < -0.4 is 10.1 Å². The molecule has 0 aliphatic heterocycles. The van der Waals surface area contributed by atoms with Crippen molar-refractivity contribution in [3.05, 3.63) is 53.7 Å². The number of nitrogens with zero attached hydrogens (tertiary/aromatic N) is 3. The second kappa shape index (κ2) is 8.95. The Hall–Kier alpha value is -2.75. The highest BCUT2D eigenvalue weighted by atomic mass is 32.2. The van der Waals surface area contributed by atoms with E-state index in [0.29, 0.717) is 0 Å². The molecule has 0 spiro atoms. The smallest absolute Gasteiger partial charge is 0.417 e. The lowest BCUT2D eigenvalue weighted by molar-refractivity contribution is -0.137. The second-order valence-corrected chi connectivity index (χ2v) is 7.92. The Kier molecular flexibility index (Phi) is 6.55. The molecule has 160 valence electrons. The Morgan fingerprint density at radius 3 is 2.47 bits per heavy atom. The Balaban J connectivity index is 1.69. The summed E-state index contributed by atoms with van der Waals surface area (Å²) in [5.74, 6) is 0.602. The lowest BCUT2D eigenvalue weighted by Crippen LogP contribution is -2.33. The summed E-state index contributed by atoms with van der Waals surface area (Å²) >= 11 is 1.03. The second-order valence-electron chi connectivity index (χ2n) is 6.98. The van der Waals surface area contributed by atoms with Crippen molar-refractivity contribution in [1.29, 1.82) is 0 Å². The quantitative estimate of drug-likeness (QED) is 0.555. The van der Waals surface area contributed by atoms with Crippen LogP contribution in [0.25, 0.3) is 5.65 Å². The third-order valence-electron chi connectivity index (χ3n) is 4.49. The van der Waals surface area contributed by atoms with Gasteiger partial charge in [-0.05, 0) is 35.7 Å². The number of nitrogens with one attached hydrogen (secondary N) is 1. The fourth-order valence-corrected chi connectivity index (χ4v) is 3.65. The molecular formula is C20H21F3N4O2S. The molecule has 1 aromatic carbocycles. The van der Waals surface area contributed by atoms with Crippen LogP contribution in [-0.2, 0) is 11.0 Å². The topological polar surface area (TPSA) is 68.5 Å². The van der Waals surface area contributed by atoms with Crippen molar-refractivity contribution in [2.24, 2.45) is 5.92 Å². The average Bonchev–Trinajstić information content (AvgIpc) is 3.12. The highest BCUT2D eigenvalue weighted by Gasteiger charge is 2.31. The van der Waals surface area contributed by atoms with E-state index < -0.39 is 11.7 Å². The van der Waals surface area contributed by atoms with Crippen LogP contribution in [0.3, 0.4) is 0 Å². The fraction of sp³-hybridized carbons (Fsp3) is 0.350. The first kappa shape index (κ1) is 21.9. The molecule has 3 aromatic rings. The molecule has 0 radical (unpaired) electrons. The fourth-order valence-electron chi connectivity index (χ4n) is 2.93. The number of aromatic nitrogens is 3. The zero-order valence-corrected chi connectivity index (χ0v) is 17.4. The summed E-state index contributed by atoms with van der Waals surface area (Å²) in [6.07, 6.45) is -3.54. The van der Waals surface area contributed by atoms with Crippen molar-refractivity contribution in [1.82, 2.24) is 19.9 Å². The van der Waals surface area contributed by atoms with Crippen LogP contribution >= 0.6 is 11.8 Å². The molecule has 1 atom stereocenters. The zero-order valence-electron chi connectivity index (χ0n) is 16.6. The van der Waals surface area contributed by atoms with Gasteiger partial charge in [0.2, 0.25) is 5.91 Å². The minimum Gasteiger partial charge on any atom is -0.497 e. The molecule has 2 heterocycles. The molecule has 6 nitrogen and oxygen atoms in total. The number of thioether (sulfide) groups is 1. The molecule has 1 N–H and O–H groups in total. The number of alkyl halides is 3. The number of ether oxygens (including phenoxy) is 1.